The first-order chi connectivity index (χ1) is 13.9. The number of ether oxygens (including phenoxy) is 1. The second-order valence-corrected chi connectivity index (χ2v) is 8.66. The van der Waals surface area contributed by atoms with Crippen LogP contribution in [0.2, 0.25) is 0 Å². The molecular weight excluding hydrogens is 395 g/mol. The first-order valence-electron chi connectivity index (χ1n) is 9.64. The molecule has 1 heterocycles. The molecule has 0 N–H and O–H groups in total. The van der Waals surface area contributed by atoms with Gasteiger partial charge in [-0.15, -0.1) is 0 Å². The van der Waals surface area contributed by atoms with E-state index in [1.54, 1.807) is 51.1 Å². The van der Waals surface area contributed by atoms with Gasteiger partial charge in [0.1, 0.15) is 0 Å². The van der Waals surface area contributed by atoms with Gasteiger partial charge in [0.2, 0.25) is 0 Å². The third kappa shape index (κ3) is 4.83. The summed E-state index contributed by atoms with van der Waals surface area (Å²) < 4.78 is 45.8. The molecule has 1 atom stereocenters. The summed E-state index contributed by atoms with van der Waals surface area (Å²) in [6.07, 6.45) is -6.70. The van der Waals surface area contributed by atoms with E-state index in [4.69, 9.17) is 4.74 Å². The SMILES string of the molecule is CC(C)(C)C(=O)c1cccc(C2(CC(F)(F)F)CN(Cc3ccccc3)C(=O)O2)c1. The van der Waals surface area contributed by atoms with E-state index >= 15 is 0 Å². The number of cyclic esters (lactones) is 1. The molecule has 1 amide bonds. The molecule has 3 rings (SSSR count). The lowest BCUT2D eigenvalue weighted by molar-refractivity contribution is -0.171. The molecule has 7 heteroatoms. The normalized spacial score (nSPS) is 19.7. The Morgan fingerprint density at radius 3 is 2.33 bits per heavy atom. The summed E-state index contributed by atoms with van der Waals surface area (Å²) in [5.41, 5.74) is -1.35. The molecule has 1 aliphatic rings. The molecule has 1 unspecified atom stereocenters. The standard InChI is InChI=1S/C23H24F3NO3/c1-21(2,3)19(28)17-10-7-11-18(12-17)22(14-23(24,25)26)15-27(20(29)30-22)13-16-8-5-4-6-9-16/h4-12H,13-15H2,1-3H3. The highest BCUT2D eigenvalue weighted by Crippen LogP contribution is 2.43. The number of benzene rings is 2. The molecule has 1 aliphatic heterocycles. The van der Waals surface area contributed by atoms with Gasteiger partial charge in [-0.1, -0.05) is 69.3 Å². The molecule has 0 aliphatic carbocycles. The summed E-state index contributed by atoms with van der Waals surface area (Å²) >= 11 is 0. The molecule has 0 bridgehead atoms. The van der Waals surface area contributed by atoms with E-state index in [1.807, 2.05) is 6.07 Å². The molecule has 2 aromatic rings. The second kappa shape index (κ2) is 7.78. The van der Waals surface area contributed by atoms with Gasteiger partial charge >= 0.3 is 12.3 Å². The predicted molar refractivity (Wildman–Crippen MR) is 106 cm³/mol. The topological polar surface area (TPSA) is 46.6 Å². The monoisotopic (exact) mass is 419 g/mol. The first-order valence-corrected chi connectivity index (χ1v) is 9.64. The van der Waals surface area contributed by atoms with Crippen LogP contribution in [0.5, 0.6) is 0 Å². The number of rotatable bonds is 5. The highest BCUT2D eigenvalue weighted by Gasteiger charge is 2.53. The summed E-state index contributed by atoms with van der Waals surface area (Å²) in [5.74, 6) is -0.197. The van der Waals surface area contributed by atoms with Crippen LogP contribution in [0.4, 0.5) is 18.0 Å². The fraction of sp³-hybridized carbons (Fsp3) is 0.391. The zero-order chi connectivity index (χ0) is 22.2. The van der Waals surface area contributed by atoms with Crippen molar-refractivity contribution in [3.63, 3.8) is 0 Å². The van der Waals surface area contributed by atoms with Crippen molar-refractivity contribution in [3.8, 4) is 0 Å². The van der Waals surface area contributed by atoms with Crippen LogP contribution in [0, 0.1) is 5.41 Å². The average Bonchev–Trinajstić information content (AvgIpc) is 2.95. The highest BCUT2D eigenvalue weighted by atomic mass is 19.4. The largest absolute Gasteiger partial charge is 0.436 e. The lowest BCUT2D eigenvalue weighted by Gasteiger charge is -2.29. The number of hydrogen-bond donors (Lipinski definition) is 0. The number of alkyl halides is 3. The lowest BCUT2D eigenvalue weighted by atomic mass is 9.83. The van der Waals surface area contributed by atoms with Gasteiger partial charge in [-0.2, -0.15) is 13.2 Å². The van der Waals surface area contributed by atoms with Gasteiger partial charge in [-0.3, -0.25) is 9.69 Å². The van der Waals surface area contributed by atoms with Crippen LogP contribution in [0.3, 0.4) is 0 Å². The smallest absolute Gasteiger partial charge is 0.411 e. The van der Waals surface area contributed by atoms with E-state index in [9.17, 15) is 22.8 Å². The summed E-state index contributed by atoms with van der Waals surface area (Å²) in [6.45, 7) is 5.10. The minimum Gasteiger partial charge on any atom is -0.436 e. The van der Waals surface area contributed by atoms with Crippen molar-refractivity contribution in [2.75, 3.05) is 6.54 Å². The van der Waals surface area contributed by atoms with Gasteiger partial charge in [-0.05, 0) is 17.2 Å². The van der Waals surface area contributed by atoms with Crippen LogP contribution in [-0.4, -0.2) is 29.5 Å². The minimum absolute atomic E-state index is 0.139. The van der Waals surface area contributed by atoms with Gasteiger partial charge in [0.15, 0.2) is 11.4 Å². The lowest BCUT2D eigenvalue weighted by Crippen LogP contribution is -2.37. The number of carbonyl (C=O) groups excluding carboxylic acids is 2. The summed E-state index contributed by atoms with van der Waals surface area (Å²) in [6, 6.07) is 15.0. The molecular formula is C23H24F3NO3. The molecule has 0 aromatic heterocycles. The Hall–Kier alpha value is -2.83. The Kier molecular flexibility index (Phi) is 5.67. The van der Waals surface area contributed by atoms with Gasteiger partial charge in [0.05, 0.1) is 13.0 Å². The molecule has 0 spiro atoms. The fourth-order valence-corrected chi connectivity index (χ4v) is 3.61. The van der Waals surface area contributed by atoms with Crippen LogP contribution in [-0.2, 0) is 16.9 Å². The molecule has 4 nitrogen and oxygen atoms in total. The molecule has 2 aromatic carbocycles. The first kappa shape index (κ1) is 21.9. The fourth-order valence-electron chi connectivity index (χ4n) is 3.61. The van der Waals surface area contributed by atoms with Gasteiger partial charge in [0.25, 0.3) is 0 Å². The van der Waals surface area contributed by atoms with Crippen molar-refractivity contribution in [1.29, 1.82) is 0 Å². The minimum atomic E-state index is -4.56. The Morgan fingerprint density at radius 2 is 1.73 bits per heavy atom. The number of ketones is 1. The van der Waals surface area contributed by atoms with Crippen LogP contribution >= 0.6 is 0 Å². The summed E-state index contributed by atoms with van der Waals surface area (Å²) in [5, 5.41) is 0. The molecule has 0 radical (unpaired) electrons. The number of Topliss-reactive ketones (excluding diaryl/α,β-unsaturated/α-hetero) is 1. The van der Waals surface area contributed by atoms with Crippen LogP contribution < -0.4 is 0 Å². The Balaban J connectivity index is 1.98. The maximum Gasteiger partial charge on any atom is 0.411 e. The maximum atomic E-state index is 13.5. The van der Waals surface area contributed by atoms with E-state index in [0.29, 0.717) is 5.56 Å². The van der Waals surface area contributed by atoms with Crippen molar-refractivity contribution in [2.45, 2.75) is 45.5 Å². The van der Waals surface area contributed by atoms with E-state index in [2.05, 4.69) is 0 Å². The number of amides is 1. The summed E-state index contributed by atoms with van der Waals surface area (Å²) in [7, 11) is 0. The molecule has 0 saturated carbocycles. The third-order valence-electron chi connectivity index (χ3n) is 5.02. The third-order valence-corrected chi connectivity index (χ3v) is 5.02. The zero-order valence-corrected chi connectivity index (χ0v) is 17.1. The second-order valence-electron chi connectivity index (χ2n) is 8.66. The molecule has 30 heavy (non-hydrogen) atoms. The maximum absolute atomic E-state index is 13.5. The van der Waals surface area contributed by atoms with Gasteiger partial charge in [0, 0.05) is 17.5 Å². The van der Waals surface area contributed by atoms with Crippen molar-refractivity contribution >= 4 is 11.9 Å². The Bertz CT molecular complexity index is 935. The van der Waals surface area contributed by atoms with Gasteiger partial charge < -0.3 is 4.74 Å². The Labute approximate surface area is 173 Å². The van der Waals surface area contributed by atoms with Crippen molar-refractivity contribution < 1.29 is 27.5 Å². The quantitative estimate of drug-likeness (QED) is 0.583. The van der Waals surface area contributed by atoms with E-state index < -0.39 is 29.7 Å². The van der Waals surface area contributed by atoms with Crippen LogP contribution in [0.15, 0.2) is 54.6 Å². The molecule has 1 saturated heterocycles. The van der Waals surface area contributed by atoms with Crippen LogP contribution in [0.1, 0.15) is 48.7 Å². The van der Waals surface area contributed by atoms with E-state index in [-0.39, 0.29) is 24.4 Å². The zero-order valence-electron chi connectivity index (χ0n) is 17.1. The number of halogens is 3. The van der Waals surface area contributed by atoms with Crippen molar-refractivity contribution in [1.82, 2.24) is 4.90 Å². The molecule has 160 valence electrons. The van der Waals surface area contributed by atoms with E-state index in [0.717, 1.165) is 5.56 Å². The van der Waals surface area contributed by atoms with E-state index in [1.165, 1.54) is 23.1 Å². The van der Waals surface area contributed by atoms with Gasteiger partial charge in [-0.25, -0.2) is 4.79 Å². The van der Waals surface area contributed by atoms with Crippen molar-refractivity contribution in [3.05, 3.63) is 71.3 Å². The average molecular weight is 419 g/mol. The van der Waals surface area contributed by atoms with Crippen LogP contribution in [0.25, 0.3) is 0 Å². The number of nitrogens with zero attached hydrogens (tertiary/aromatic N) is 1. The Morgan fingerprint density at radius 1 is 1.07 bits per heavy atom. The summed E-state index contributed by atoms with van der Waals surface area (Å²) in [4.78, 5) is 26.4. The molecule has 1 fully saturated rings. The highest BCUT2D eigenvalue weighted by molar-refractivity contribution is 6.00. The number of carbonyl (C=O) groups is 2. The number of hydrogen-bond acceptors (Lipinski definition) is 3. The van der Waals surface area contributed by atoms with Crippen molar-refractivity contribution in [2.24, 2.45) is 5.41 Å². The predicted octanol–water partition coefficient (Wildman–Crippen LogP) is 5.72.